The van der Waals surface area contributed by atoms with Crippen LogP contribution in [-0.4, -0.2) is 35.7 Å². The van der Waals surface area contributed by atoms with Crippen molar-refractivity contribution in [1.82, 2.24) is 20.9 Å². The summed E-state index contributed by atoms with van der Waals surface area (Å²) in [5.74, 6) is -0.794. The van der Waals surface area contributed by atoms with Crippen LogP contribution < -0.4 is 16.0 Å². The molecule has 1 atom stereocenters. The minimum Gasteiger partial charge on any atom is -0.322 e. The van der Waals surface area contributed by atoms with Crippen molar-refractivity contribution in [2.24, 2.45) is 0 Å². The number of hydrogen-bond donors (Lipinski definition) is 3. The van der Waals surface area contributed by atoms with Gasteiger partial charge in [-0.15, -0.1) is 0 Å². The maximum atomic E-state index is 12.9. The van der Waals surface area contributed by atoms with Crippen molar-refractivity contribution in [2.45, 2.75) is 45.1 Å². The third-order valence-corrected chi connectivity index (χ3v) is 5.80. The summed E-state index contributed by atoms with van der Waals surface area (Å²) in [7, 11) is 1.93. The molecule has 30 heavy (non-hydrogen) atoms. The maximum absolute atomic E-state index is 12.9. The molecule has 0 saturated carbocycles. The number of fused-ring (bicyclic) bond motifs is 1. The van der Waals surface area contributed by atoms with E-state index < -0.39 is 6.04 Å². The zero-order chi connectivity index (χ0) is 21.1. The highest BCUT2D eigenvalue weighted by Crippen LogP contribution is 2.29. The molecule has 3 N–H and O–H groups in total. The molecule has 0 aliphatic carbocycles. The van der Waals surface area contributed by atoms with Crippen LogP contribution in [0.25, 0.3) is 0 Å². The number of carbonyl (C=O) groups is 3. The van der Waals surface area contributed by atoms with Crippen molar-refractivity contribution < 1.29 is 14.4 Å². The van der Waals surface area contributed by atoms with Crippen molar-refractivity contribution in [3.63, 3.8) is 0 Å². The van der Waals surface area contributed by atoms with Gasteiger partial charge in [-0.05, 0) is 41.8 Å². The van der Waals surface area contributed by atoms with Crippen LogP contribution in [0.2, 0.25) is 0 Å². The lowest BCUT2D eigenvalue weighted by Gasteiger charge is -2.29. The van der Waals surface area contributed by atoms with E-state index in [1.165, 1.54) is 11.1 Å². The Labute approximate surface area is 175 Å². The molecule has 2 heterocycles. The summed E-state index contributed by atoms with van der Waals surface area (Å²) in [5.41, 5.74) is 5.16. The van der Waals surface area contributed by atoms with Crippen molar-refractivity contribution in [1.29, 1.82) is 0 Å². The second-order valence-corrected chi connectivity index (χ2v) is 7.75. The van der Waals surface area contributed by atoms with Crippen LogP contribution in [0.15, 0.2) is 42.5 Å². The Morgan fingerprint density at radius 2 is 1.67 bits per heavy atom. The molecule has 7 heteroatoms. The first-order chi connectivity index (χ1) is 14.6. The highest BCUT2D eigenvalue weighted by molar-refractivity contribution is 6.05. The van der Waals surface area contributed by atoms with Crippen molar-refractivity contribution in [3.8, 4) is 0 Å². The molecular formula is C23H26N4O3. The standard InChI is InChI=1S/C23H26N4O3/c1-24-11-15-5-2-3-6-16(15)12-25-13-17-7-4-8-18-19(17)14-27(23(18)30)20-9-10-21(28)26-22(20)29/h2-8,20,24-25H,9-14H2,1H3,(H,26,28,29). The van der Waals surface area contributed by atoms with E-state index in [9.17, 15) is 14.4 Å². The molecule has 156 valence electrons. The van der Waals surface area contributed by atoms with Gasteiger partial charge in [0.2, 0.25) is 11.8 Å². The molecule has 0 spiro atoms. The predicted octanol–water partition coefficient (Wildman–Crippen LogP) is 1.46. The Bertz CT molecular complexity index is 988. The number of carbonyl (C=O) groups excluding carboxylic acids is 3. The van der Waals surface area contributed by atoms with Gasteiger partial charge in [-0.1, -0.05) is 36.4 Å². The SMILES string of the molecule is CNCc1ccccc1CNCc1cccc2c1CN(C1CCC(=O)NC1=O)C2=O. The molecule has 1 fully saturated rings. The largest absolute Gasteiger partial charge is 0.322 e. The molecule has 0 bridgehead atoms. The van der Waals surface area contributed by atoms with E-state index in [0.717, 1.165) is 24.2 Å². The minimum atomic E-state index is -0.586. The van der Waals surface area contributed by atoms with Gasteiger partial charge in [0.05, 0.1) is 0 Å². The molecule has 1 unspecified atom stereocenters. The average molecular weight is 406 g/mol. The van der Waals surface area contributed by atoms with Crippen LogP contribution in [0.4, 0.5) is 0 Å². The van der Waals surface area contributed by atoms with E-state index in [4.69, 9.17) is 0 Å². The third kappa shape index (κ3) is 3.99. The van der Waals surface area contributed by atoms with E-state index in [-0.39, 0.29) is 24.1 Å². The molecule has 2 aromatic carbocycles. The second-order valence-electron chi connectivity index (χ2n) is 7.75. The summed E-state index contributed by atoms with van der Waals surface area (Å²) in [6.45, 7) is 2.57. The molecule has 2 aliphatic heterocycles. The van der Waals surface area contributed by atoms with E-state index in [2.05, 4.69) is 28.1 Å². The fraction of sp³-hybridized carbons (Fsp3) is 0.348. The first-order valence-corrected chi connectivity index (χ1v) is 10.3. The van der Waals surface area contributed by atoms with Gasteiger partial charge in [-0.3, -0.25) is 19.7 Å². The molecule has 1 saturated heterocycles. The predicted molar refractivity (Wildman–Crippen MR) is 112 cm³/mol. The van der Waals surface area contributed by atoms with Gasteiger partial charge < -0.3 is 15.5 Å². The Morgan fingerprint density at radius 3 is 2.40 bits per heavy atom. The number of amides is 3. The van der Waals surface area contributed by atoms with Gasteiger partial charge in [0, 0.05) is 38.2 Å². The normalized spacial score (nSPS) is 18.5. The Morgan fingerprint density at radius 1 is 0.967 bits per heavy atom. The van der Waals surface area contributed by atoms with Crippen molar-refractivity contribution in [3.05, 3.63) is 70.3 Å². The summed E-state index contributed by atoms with van der Waals surface area (Å²) >= 11 is 0. The quantitative estimate of drug-likeness (QED) is 0.606. The highest BCUT2D eigenvalue weighted by Gasteiger charge is 2.39. The molecular weight excluding hydrogens is 380 g/mol. The number of piperidine rings is 1. The van der Waals surface area contributed by atoms with Gasteiger partial charge >= 0.3 is 0 Å². The van der Waals surface area contributed by atoms with Crippen LogP contribution in [0, 0.1) is 0 Å². The van der Waals surface area contributed by atoms with Crippen LogP contribution in [-0.2, 0) is 35.8 Å². The number of nitrogens with zero attached hydrogens (tertiary/aromatic N) is 1. The van der Waals surface area contributed by atoms with Crippen molar-refractivity contribution in [2.75, 3.05) is 7.05 Å². The van der Waals surface area contributed by atoms with Gasteiger partial charge in [0.15, 0.2) is 0 Å². The first kappa shape index (κ1) is 20.3. The molecule has 0 aromatic heterocycles. The van der Waals surface area contributed by atoms with Crippen LogP contribution in [0.3, 0.4) is 0 Å². The van der Waals surface area contributed by atoms with E-state index in [0.29, 0.717) is 25.1 Å². The Kier molecular flexibility index (Phi) is 5.92. The Hall–Kier alpha value is -3.03. The van der Waals surface area contributed by atoms with E-state index in [1.54, 1.807) is 4.90 Å². The number of hydrogen-bond acceptors (Lipinski definition) is 5. The monoisotopic (exact) mass is 406 g/mol. The first-order valence-electron chi connectivity index (χ1n) is 10.3. The zero-order valence-electron chi connectivity index (χ0n) is 17.0. The van der Waals surface area contributed by atoms with Crippen molar-refractivity contribution >= 4 is 17.7 Å². The highest BCUT2D eigenvalue weighted by atomic mass is 16.2. The van der Waals surface area contributed by atoms with Gasteiger partial charge in [-0.25, -0.2) is 0 Å². The van der Waals surface area contributed by atoms with E-state index >= 15 is 0 Å². The fourth-order valence-corrected chi connectivity index (χ4v) is 4.24. The minimum absolute atomic E-state index is 0.138. The molecule has 4 rings (SSSR count). The smallest absolute Gasteiger partial charge is 0.255 e. The van der Waals surface area contributed by atoms with Gasteiger partial charge in [0.1, 0.15) is 6.04 Å². The number of benzene rings is 2. The topological polar surface area (TPSA) is 90.5 Å². The fourth-order valence-electron chi connectivity index (χ4n) is 4.24. The summed E-state index contributed by atoms with van der Waals surface area (Å²) < 4.78 is 0. The molecule has 7 nitrogen and oxygen atoms in total. The lowest BCUT2D eigenvalue weighted by Crippen LogP contribution is -2.52. The Balaban J connectivity index is 1.45. The third-order valence-electron chi connectivity index (χ3n) is 5.80. The summed E-state index contributed by atoms with van der Waals surface area (Å²) in [4.78, 5) is 38.2. The zero-order valence-corrected chi connectivity index (χ0v) is 17.0. The second kappa shape index (κ2) is 8.77. The van der Waals surface area contributed by atoms with Crippen LogP contribution >= 0.6 is 0 Å². The number of rotatable bonds is 7. The molecule has 3 amide bonds. The molecule has 2 aliphatic rings. The lowest BCUT2D eigenvalue weighted by atomic mass is 10.0. The van der Waals surface area contributed by atoms with Crippen LogP contribution in [0.1, 0.15) is 45.5 Å². The lowest BCUT2D eigenvalue weighted by molar-refractivity contribution is -0.136. The van der Waals surface area contributed by atoms with Crippen LogP contribution in [0.5, 0.6) is 0 Å². The molecule has 0 radical (unpaired) electrons. The van der Waals surface area contributed by atoms with Gasteiger partial charge in [0.25, 0.3) is 5.91 Å². The van der Waals surface area contributed by atoms with Gasteiger partial charge in [-0.2, -0.15) is 0 Å². The average Bonchev–Trinajstić information content (AvgIpc) is 3.07. The number of imide groups is 1. The summed E-state index contributed by atoms with van der Waals surface area (Å²) in [6.07, 6.45) is 0.636. The molecule has 2 aromatic rings. The maximum Gasteiger partial charge on any atom is 0.255 e. The van der Waals surface area contributed by atoms with E-state index in [1.807, 2.05) is 37.4 Å². The number of nitrogens with one attached hydrogen (secondary N) is 3. The summed E-state index contributed by atoms with van der Waals surface area (Å²) in [5, 5.41) is 9.02. The summed E-state index contributed by atoms with van der Waals surface area (Å²) in [6, 6.07) is 13.4.